The average Bonchev–Trinajstić information content (AvgIpc) is 2.99. The van der Waals surface area contributed by atoms with E-state index in [1.165, 1.54) is 0 Å². The third-order valence-electron chi connectivity index (χ3n) is 6.74. The molecule has 1 amide bonds. The molecule has 0 bridgehead atoms. The number of amides is 1. The zero-order valence-corrected chi connectivity index (χ0v) is 18.0. The minimum atomic E-state index is -1.78. The first-order chi connectivity index (χ1) is 14.3. The van der Waals surface area contributed by atoms with E-state index in [-0.39, 0.29) is 12.3 Å². The summed E-state index contributed by atoms with van der Waals surface area (Å²) in [5.41, 5.74) is 5.45. The van der Waals surface area contributed by atoms with Gasteiger partial charge in [0.25, 0.3) is 0 Å². The summed E-state index contributed by atoms with van der Waals surface area (Å²) in [6.07, 6.45) is 4.34. The van der Waals surface area contributed by atoms with Crippen LogP contribution in [-0.2, 0) is 21.4 Å². The molecule has 4 rings (SSSR count). The maximum Gasteiger partial charge on any atom is 0.325 e. The van der Waals surface area contributed by atoms with Gasteiger partial charge in [-0.3, -0.25) is 9.59 Å². The summed E-state index contributed by atoms with van der Waals surface area (Å²) in [7, 11) is 0. The summed E-state index contributed by atoms with van der Waals surface area (Å²) in [5.74, 6) is -1.89. The summed E-state index contributed by atoms with van der Waals surface area (Å²) in [6.45, 7) is 0. The molecule has 7 heteroatoms. The number of carboxylic acids is 1. The van der Waals surface area contributed by atoms with E-state index < -0.39 is 22.8 Å². The first-order valence-electron chi connectivity index (χ1n) is 10.2. The summed E-state index contributed by atoms with van der Waals surface area (Å²) in [6, 6.07) is 12.2. The van der Waals surface area contributed by atoms with Gasteiger partial charge >= 0.3 is 5.97 Å². The maximum absolute atomic E-state index is 13.6. The third kappa shape index (κ3) is 3.20. The average molecular weight is 447 g/mol. The van der Waals surface area contributed by atoms with E-state index in [1.54, 1.807) is 36.4 Å². The van der Waals surface area contributed by atoms with Crippen LogP contribution in [0, 0.1) is 5.92 Å². The van der Waals surface area contributed by atoms with Crippen molar-refractivity contribution in [2.24, 2.45) is 11.7 Å². The molecule has 4 N–H and O–H groups in total. The van der Waals surface area contributed by atoms with Crippen molar-refractivity contribution in [3.8, 4) is 0 Å². The van der Waals surface area contributed by atoms with Crippen molar-refractivity contribution >= 4 is 40.8 Å². The Kier molecular flexibility index (Phi) is 5.56. The normalized spacial score (nSPS) is 23.5. The van der Waals surface area contributed by atoms with Crippen molar-refractivity contribution in [1.29, 1.82) is 0 Å². The predicted molar refractivity (Wildman–Crippen MR) is 118 cm³/mol. The number of fused-ring (bicyclic) bond motifs is 1. The summed E-state index contributed by atoms with van der Waals surface area (Å²) in [4.78, 5) is 26.5. The SMILES string of the molecule is NC(C(=O)O)(C1CCCCC1)C1(Cc2cccc(Cl)c2)C(=O)Nc2cc(Cl)ccc21. The maximum atomic E-state index is 13.6. The Morgan fingerprint density at radius 2 is 1.83 bits per heavy atom. The molecular weight excluding hydrogens is 423 g/mol. The lowest BCUT2D eigenvalue weighted by molar-refractivity contribution is -0.153. The van der Waals surface area contributed by atoms with E-state index in [9.17, 15) is 14.7 Å². The highest BCUT2D eigenvalue weighted by Crippen LogP contribution is 2.52. The van der Waals surface area contributed by atoms with Crippen molar-refractivity contribution in [2.45, 2.75) is 49.5 Å². The number of hydrogen-bond acceptors (Lipinski definition) is 3. The molecule has 2 aliphatic rings. The Morgan fingerprint density at radius 3 is 2.50 bits per heavy atom. The summed E-state index contributed by atoms with van der Waals surface area (Å²) in [5, 5.41) is 14.3. The lowest BCUT2D eigenvalue weighted by atomic mass is 9.56. The van der Waals surface area contributed by atoms with Crippen LogP contribution in [0.3, 0.4) is 0 Å². The van der Waals surface area contributed by atoms with E-state index in [1.807, 2.05) is 6.07 Å². The fourth-order valence-electron chi connectivity index (χ4n) is 5.29. The van der Waals surface area contributed by atoms with Crippen LogP contribution in [-0.4, -0.2) is 22.5 Å². The number of carbonyl (C=O) groups is 2. The topological polar surface area (TPSA) is 92.4 Å². The number of hydrogen-bond donors (Lipinski definition) is 3. The first-order valence-corrected chi connectivity index (χ1v) is 10.9. The Morgan fingerprint density at radius 1 is 1.13 bits per heavy atom. The molecule has 1 fully saturated rings. The smallest absolute Gasteiger partial charge is 0.325 e. The Labute approximate surface area is 185 Å². The van der Waals surface area contributed by atoms with Crippen LogP contribution in [0.15, 0.2) is 42.5 Å². The van der Waals surface area contributed by atoms with E-state index in [0.717, 1.165) is 24.8 Å². The second-order valence-electron chi connectivity index (χ2n) is 8.37. The zero-order valence-electron chi connectivity index (χ0n) is 16.5. The fraction of sp³-hybridized carbons (Fsp3) is 0.391. The van der Waals surface area contributed by atoms with Gasteiger partial charge < -0.3 is 16.2 Å². The fourth-order valence-corrected chi connectivity index (χ4v) is 5.68. The quantitative estimate of drug-likeness (QED) is 0.615. The highest BCUT2D eigenvalue weighted by atomic mass is 35.5. The van der Waals surface area contributed by atoms with Gasteiger partial charge in [-0.2, -0.15) is 0 Å². The van der Waals surface area contributed by atoms with Gasteiger partial charge in [0.1, 0.15) is 11.0 Å². The highest BCUT2D eigenvalue weighted by molar-refractivity contribution is 6.31. The molecule has 0 spiro atoms. The number of halogens is 2. The standard InChI is InChI=1S/C23H24Cl2N2O3/c24-16-8-4-5-14(11-16)13-22(18-10-9-17(25)12-19(18)27-20(22)28)23(26,21(29)30)15-6-2-1-3-7-15/h4-5,8-12,15H,1-3,6-7,13,26H2,(H,27,28)(H,29,30). The molecule has 5 nitrogen and oxygen atoms in total. The molecule has 2 atom stereocenters. The molecule has 1 saturated carbocycles. The largest absolute Gasteiger partial charge is 0.480 e. The predicted octanol–water partition coefficient (Wildman–Crippen LogP) is 4.79. The zero-order chi connectivity index (χ0) is 21.5. The Balaban J connectivity index is 1.96. The van der Waals surface area contributed by atoms with Crippen molar-refractivity contribution in [1.82, 2.24) is 0 Å². The number of carboxylic acid groups (broad SMARTS) is 1. The van der Waals surface area contributed by atoms with Gasteiger partial charge in [-0.1, -0.05) is 60.7 Å². The van der Waals surface area contributed by atoms with Crippen molar-refractivity contribution in [2.75, 3.05) is 5.32 Å². The van der Waals surface area contributed by atoms with E-state index in [0.29, 0.717) is 34.1 Å². The molecule has 2 unspecified atom stereocenters. The number of anilines is 1. The number of carbonyl (C=O) groups excluding carboxylic acids is 1. The van der Waals surface area contributed by atoms with E-state index in [4.69, 9.17) is 28.9 Å². The second kappa shape index (κ2) is 7.88. The minimum Gasteiger partial charge on any atom is -0.480 e. The van der Waals surface area contributed by atoms with Crippen molar-refractivity contribution in [3.63, 3.8) is 0 Å². The lowest BCUT2D eigenvalue weighted by Gasteiger charge is -2.47. The Bertz CT molecular complexity index is 1010. The van der Waals surface area contributed by atoms with Crippen molar-refractivity contribution in [3.05, 3.63) is 63.6 Å². The Hall–Kier alpha value is -2.08. The van der Waals surface area contributed by atoms with Gasteiger partial charge in [0, 0.05) is 15.7 Å². The molecule has 1 heterocycles. The molecule has 30 heavy (non-hydrogen) atoms. The highest BCUT2D eigenvalue weighted by Gasteiger charge is 2.66. The minimum absolute atomic E-state index is 0.132. The van der Waals surface area contributed by atoms with Gasteiger partial charge in [-0.25, -0.2) is 0 Å². The van der Waals surface area contributed by atoms with Gasteiger partial charge in [0.05, 0.1) is 0 Å². The number of nitrogens with two attached hydrogens (primary N) is 1. The van der Waals surface area contributed by atoms with Crippen LogP contribution >= 0.6 is 23.2 Å². The number of rotatable bonds is 5. The first kappa shape index (κ1) is 21.2. The van der Waals surface area contributed by atoms with Gasteiger partial charge in [-0.05, 0) is 60.6 Å². The monoisotopic (exact) mass is 446 g/mol. The number of aliphatic carboxylic acids is 1. The van der Waals surface area contributed by atoms with E-state index >= 15 is 0 Å². The van der Waals surface area contributed by atoms with E-state index in [2.05, 4.69) is 5.32 Å². The lowest BCUT2D eigenvalue weighted by Crippen LogP contribution is -2.71. The second-order valence-corrected chi connectivity index (χ2v) is 9.24. The molecule has 0 radical (unpaired) electrons. The molecule has 158 valence electrons. The van der Waals surface area contributed by atoms with Crippen LogP contribution in [0.25, 0.3) is 0 Å². The third-order valence-corrected chi connectivity index (χ3v) is 7.21. The van der Waals surface area contributed by atoms with Crippen LogP contribution < -0.4 is 11.1 Å². The van der Waals surface area contributed by atoms with Gasteiger partial charge in [0.2, 0.25) is 5.91 Å². The molecule has 2 aromatic rings. The number of nitrogens with one attached hydrogen (secondary N) is 1. The van der Waals surface area contributed by atoms with Crippen LogP contribution in [0.1, 0.15) is 43.2 Å². The van der Waals surface area contributed by atoms with Gasteiger partial charge in [0.15, 0.2) is 0 Å². The van der Waals surface area contributed by atoms with Crippen LogP contribution in [0.4, 0.5) is 5.69 Å². The van der Waals surface area contributed by atoms with Crippen molar-refractivity contribution < 1.29 is 14.7 Å². The van der Waals surface area contributed by atoms with Crippen LogP contribution in [0.2, 0.25) is 10.0 Å². The molecule has 0 aromatic heterocycles. The molecule has 2 aromatic carbocycles. The van der Waals surface area contributed by atoms with Crippen LogP contribution in [0.5, 0.6) is 0 Å². The number of benzene rings is 2. The molecule has 1 aliphatic carbocycles. The summed E-state index contributed by atoms with van der Waals surface area (Å²) >= 11 is 12.3. The molecular formula is C23H24Cl2N2O3. The van der Waals surface area contributed by atoms with Gasteiger partial charge in [-0.15, -0.1) is 0 Å². The molecule has 1 aliphatic heterocycles. The summed E-state index contributed by atoms with van der Waals surface area (Å²) < 4.78 is 0. The molecule has 0 saturated heterocycles.